The first-order valence-corrected chi connectivity index (χ1v) is 11.1. The second kappa shape index (κ2) is 8.45. The van der Waals surface area contributed by atoms with Crippen molar-refractivity contribution in [3.05, 3.63) is 54.4 Å². The molecule has 1 fully saturated rings. The number of rotatable bonds is 6. The van der Waals surface area contributed by atoms with Gasteiger partial charge in [0, 0.05) is 30.6 Å². The Morgan fingerprint density at radius 1 is 1.03 bits per heavy atom. The molecule has 1 saturated heterocycles. The Labute approximate surface area is 175 Å². The summed E-state index contributed by atoms with van der Waals surface area (Å²) >= 11 is 0. The van der Waals surface area contributed by atoms with Gasteiger partial charge in [-0.05, 0) is 37.1 Å². The quantitative estimate of drug-likeness (QED) is 0.593. The van der Waals surface area contributed by atoms with Crippen LogP contribution < -0.4 is 9.47 Å². The van der Waals surface area contributed by atoms with Gasteiger partial charge in [-0.1, -0.05) is 23.4 Å². The van der Waals surface area contributed by atoms with Crippen LogP contribution in [-0.2, 0) is 10.0 Å². The molecule has 2 heterocycles. The van der Waals surface area contributed by atoms with Crippen molar-refractivity contribution >= 4 is 10.0 Å². The van der Waals surface area contributed by atoms with Gasteiger partial charge in [0.25, 0.3) is 5.89 Å². The van der Waals surface area contributed by atoms with E-state index >= 15 is 0 Å². The first-order chi connectivity index (χ1) is 14.5. The minimum Gasteiger partial charge on any atom is -0.497 e. The molecule has 0 amide bonds. The van der Waals surface area contributed by atoms with Crippen molar-refractivity contribution in [2.45, 2.75) is 23.7 Å². The molecule has 1 aliphatic heterocycles. The molecule has 3 aromatic rings. The number of piperidine rings is 1. The molecule has 0 bridgehead atoms. The predicted octanol–water partition coefficient (Wildman–Crippen LogP) is 3.32. The fraction of sp³-hybridized carbons (Fsp3) is 0.333. The van der Waals surface area contributed by atoms with Gasteiger partial charge in [-0.3, -0.25) is 0 Å². The van der Waals surface area contributed by atoms with E-state index < -0.39 is 10.0 Å². The third-order valence-corrected chi connectivity index (χ3v) is 7.19. The highest BCUT2D eigenvalue weighted by molar-refractivity contribution is 7.89. The first kappa shape index (κ1) is 20.4. The summed E-state index contributed by atoms with van der Waals surface area (Å²) in [4.78, 5) is 4.62. The highest BCUT2D eigenvalue weighted by atomic mass is 32.2. The zero-order valence-corrected chi connectivity index (χ0v) is 17.6. The van der Waals surface area contributed by atoms with E-state index in [4.69, 9.17) is 14.0 Å². The molecule has 4 rings (SSSR count). The van der Waals surface area contributed by atoms with Gasteiger partial charge >= 0.3 is 0 Å². The number of benzene rings is 2. The van der Waals surface area contributed by atoms with Crippen LogP contribution in [0, 0.1) is 0 Å². The van der Waals surface area contributed by atoms with Crippen molar-refractivity contribution in [2.75, 3.05) is 27.3 Å². The number of ether oxygens (including phenoxy) is 2. The number of hydrogen-bond donors (Lipinski definition) is 0. The standard InChI is InChI=1S/C21H23N3O5S/c1-27-17-8-9-18(28-2)19(14-17)30(25,26)24-12-10-15(11-13-24)20-22-21(29-23-20)16-6-4-3-5-7-16/h3-9,14-15H,10-13H2,1-2H3. The second-order valence-electron chi connectivity index (χ2n) is 7.02. The minimum atomic E-state index is -3.72. The molecule has 0 radical (unpaired) electrons. The molecule has 0 aliphatic carbocycles. The largest absolute Gasteiger partial charge is 0.497 e. The Balaban J connectivity index is 1.49. The van der Waals surface area contributed by atoms with Crippen LogP contribution in [0.4, 0.5) is 0 Å². The fourth-order valence-electron chi connectivity index (χ4n) is 3.58. The average molecular weight is 429 g/mol. The van der Waals surface area contributed by atoms with Crippen molar-refractivity contribution < 1.29 is 22.4 Å². The zero-order valence-electron chi connectivity index (χ0n) is 16.8. The van der Waals surface area contributed by atoms with E-state index in [0.29, 0.717) is 49.1 Å². The third kappa shape index (κ3) is 3.90. The van der Waals surface area contributed by atoms with Crippen LogP contribution in [-0.4, -0.2) is 50.2 Å². The van der Waals surface area contributed by atoms with Gasteiger partial charge < -0.3 is 14.0 Å². The molecule has 1 aliphatic rings. The average Bonchev–Trinajstić information content (AvgIpc) is 3.29. The summed E-state index contributed by atoms with van der Waals surface area (Å²) in [6, 6.07) is 14.3. The molecule has 158 valence electrons. The summed E-state index contributed by atoms with van der Waals surface area (Å²) in [5.74, 6) is 1.89. The van der Waals surface area contributed by atoms with Crippen LogP contribution in [0.25, 0.3) is 11.5 Å². The Kier molecular flexibility index (Phi) is 5.74. The lowest BCUT2D eigenvalue weighted by Gasteiger charge is -2.30. The van der Waals surface area contributed by atoms with Crippen LogP contribution in [0.1, 0.15) is 24.6 Å². The van der Waals surface area contributed by atoms with Crippen LogP contribution in [0.15, 0.2) is 57.9 Å². The molecule has 8 nitrogen and oxygen atoms in total. The number of hydrogen-bond acceptors (Lipinski definition) is 7. The van der Waals surface area contributed by atoms with Crippen LogP contribution in [0.2, 0.25) is 0 Å². The van der Waals surface area contributed by atoms with Gasteiger partial charge in [0.05, 0.1) is 14.2 Å². The van der Waals surface area contributed by atoms with Gasteiger partial charge in [-0.25, -0.2) is 8.42 Å². The summed E-state index contributed by atoms with van der Waals surface area (Å²) in [7, 11) is -0.766. The second-order valence-corrected chi connectivity index (χ2v) is 8.93. The van der Waals surface area contributed by atoms with Crippen molar-refractivity contribution in [3.8, 4) is 23.0 Å². The molecule has 0 N–H and O–H groups in total. The topological polar surface area (TPSA) is 94.8 Å². The lowest BCUT2D eigenvalue weighted by Crippen LogP contribution is -2.38. The highest BCUT2D eigenvalue weighted by Crippen LogP contribution is 2.34. The van der Waals surface area contributed by atoms with Crippen molar-refractivity contribution in [1.29, 1.82) is 0 Å². The zero-order chi connectivity index (χ0) is 21.1. The van der Waals surface area contributed by atoms with Gasteiger partial charge in [-0.2, -0.15) is 9.29 Å². The Morgan fingerprint density at radius 2 is 1.77 bits per heavy atom. The van der Waals surface area contributed by atoms with Crippen molar-refractivity contribution in [1.82, 2.24) is 14.4 Å². The maximum Gasteiger partial charge on any atom is 0.257 e. The minimum absolute atomic E-state index is 0.0462. The lowest BCUT2D eigenvalue weighted by atomic mass is 9.97. The molecular formula is C21H23N3O5S. The van der Waals surface area contributed by atoms with Gasteiger partial charge in [-0.15, -0.1) is 0 Å². The Morgan fingerprint density at radius 3 is 2.43 bits per heavy atom. The van der Waals surface area contributed by atoms with E-state index in [1.807, 2.05) is 30.3 Å². The van der Waals surface area contributed by atoms with Gasteiger partial charge in [0.1, 0.15) is 16.4 Å². The van der Waals surface area contributed by atoms with E-state index in [-0.39, 0.29) is 10.8 Å². The number of sulfonamides is 1. The van der Waals surface area contributed by atoms with Crippen molar-refractivity contribution in [3.63, 3.8) is 0 Å². The van der Waals surface area contributed by atoms with Crippen LogP contribution in [0.3, 0.4) is 0 Å². The van der Waals surface area contributed by atoms with Gasteiger partial charge in [0.15, 0.2) is 5.82 Å². The van der Waals surface area contributed by atoms with E-state index in [1.54, 1.807) is 12.1 Å². The van der Waals surface area contributed by atoms with E-state index in [1.165, 1.54) is 24.6 Å². The molecule has 0 spiro atoms. The third-order valence-electron chi connectivity index (χ3n) is 5.27. The summed E-state index contributed by atoms with van der Waals surface area (Å²) in [5, 5.41) is 4.12. The predicted molar refractivity (Wildman–Crippen MR) is 110 cm³/mol. The maximum atomic E-state index is 13.2. The number of methoxy groups -OCH3 is 2. The fourth-order valence-corrected chi connectivity index (χ4v) is 5.22. The van der Waals surface area contributed by atoms with Crippen molar-refractivity contribution in [2.24, 2.45) is 0 Å². The molecule has 0 unspecified atom stereocenters. The lowest BCUT2D eigenvalue weighted by molar-refractivity contribution is 0.305. The maximum absolute atomic E-state index is 13.2. The number of nitrogens with zero attached hydrogens (tertiary/aromatic N) is 3. The normalized spacial score (nSPS) is 15.8. The van der Waals surface area contributed by atoms with E-state index in [0.717, 1.165) is 5.56 Å². The summed E-state index contributed by atoms with van der Waals surface area (Å²) in [5.41, 5.74) is 0.862. The van der Waals surface area contributed by atoms with Gasteiger partial charge in [0.2, 0.25) is 10.0 Å². The summed E-state index contributed by atoms with van der Waals surface area (Å²) < 4.78 is 43.7. The summed E-state index contributed by atoms with van der Waals surface area (Å²) in [6.07, 6.45) is 1.22. The van der Waals surface area contributed by atoms with Crippen LogP contribution in [0.5, 0.6) is 11.5 Å². The molecular weight excluding hydrogens is 406 g/mol. The Bertz CT molecular complexity index is 1110. The van der Waals surface area contributed by atoms with Crippen LogP contribution >= 0.6 is 0 Å². The monoisotopic (exact) mass is 429 g/mol. The molecule has 2 aromatic carbocycles. The smallest absolute Gasteiger partial charge is 0.257 e. The van der Waals surface area contributed by atoms with E-state index in [9.17, 15) is 8.42 Å². The first-order valence-electron chi connectivity index (χ1n) is 9.64. The molecule has 0 atom stereocenters. The molecule has 0 saturated carbocycles. The summed E-state index contributed by atoms with van der Waals surface area (Å²) in [6.45, 7) is 0.727. The molecule has 1 aromatic heterocycles. The highest BCUT2D eigenvalue weighted by Gasteiger charge is 2.33. The number of aromatic nitrogens is 2. The van der Waals surface area contributed by atoms with E-state index in [2.05, 4.69) is 10.1 Å². The molecule has 9 heteroatoms. The molecule has 30 heavy (non-hydrogen) atoms. The SMILES string of the molecule is COc1ccc(OC)c(S(=O)(=O)N2CCC(c3noc(-c4ccccc4)n3)CC2)c1. The Hall–Kier alpha value is -2.91.